The molecule has 40 heavy (non-hydrogen) atoms. The number of aryl methyl sites for hydroxylation is 1. The van der Waals surface area contributed by atoms with Crippen molar-refractivity contribution in [1.29, 1.82) is 5.26 Å². The molecule has 1 aliphatic carbocycles. The van der Waals surface area contributed by atoms with E-state index < -0.39 is 5.97 Å². The van der Waals surface area contributed by atoms with Gasteiger partial charge in [0.1, 0.15) is 12.9 Å². The fourth-order valence-corrected chi connectivity index (χ4v) is 5.90. The van der Waals surface area contributed by atoms with E-state index in [9.17, 15) is 14.9 Å². The highest BCUT2D eigenvalue weighted by Crippen LogP contribution is 2.33. The SMILES string of the molecule is CCCc1c(C(C)c2ccc(-c3ccccc3C#N)cc2)c(=O)n(C2CCC(OCC(=O)O)CC2)c2ncnn12. The first-order chi connectivity index (χ1) is 19.4. The zero-order valence-corrected chi connectivity index (χ0v) is 22.8. The van der Waals surface area contributed by atoms with Gasteiger partial charge in [0, 0.05) is 17.5 Å². The summed E-state index contributed by atoms with van der Waals surface area (Å²) < 4.78 is 9.14. The lowest BCUT2D eigenvalue weighted by atomic mass is 9.89. The molecule has 0 amide bonds. The molecule has 0 aliphatic heterocycles. The van der Waals surface area contributed by atoms with Crippen LogP contribution < -0.4 is 5.56 Å². The minimum absolute atomic E-state index is 0.0507. The van der Waals surface area contributed by atoms with Crippen molar-refractivity contribution in [3.05, 3.63) is 87.6 Å². The number of nitrogens with zero attached hydrogens (tertiary/aromatic N) is 5. The lowest BCUT2D eigenvalue weighted by molar-refractivity contribution is -0.145. The van der Waals surface area contributed by atoms with Gasteiger partial charge in [-0.05, 0) is 54.9 Å². The highest BCUT2D eigenvalue weighted by atomic mass is 16.5. The van der Waals surface area contributed by atoms with Gasteiger partial charge in [0.2, 0.25) is 5.78 Å². The molecule has 2 heterocycles. The third-order valence-electron chi connectivity index (χ3n) is 7.90. The van der Waals surface area contributed by atoms with E-state index in [2.05, 4.69) is 30.0 Å². The number of carboxylic acids is 1. The van der Waals surface area contributed by atoms with E-state index in [1.807, 2.05) is 53.0 Å². The summed E-state index contributed by atoms with van der Waals surface area (Å²) in [5.74, 6) is -0.622. The first-order valence-electron chi connectivity index (χ1n) is 13.8. The van der Waals surface area contributed by atoms with Crippen molar-refractivity contribution in [1.82, 2.24) is 19.2 Å². The highest BCUT2D eigenvalue weighted by Gasteiger charge is 2.30. The topological polar surface area (TPSA) is 123 Å². The van der Waals surface area contributed by atoms with Crippen LogP contribution in [0.4, 0.5) is 0 Å². The molecule has 1 fully saturated rings. The summed E-state index contributed by atoms with van der Waals surface area (Å²) >= 11 is 0. The zero-order valence-electron chi connectivity index (χ0n) is 22.8. The monoisotopic (exact) mass is 539 g/mol. The van der Waals surface area contributed by atoms with Crippen LogP contribution in [0.3, 0.4) is 0 Å². The molecule has 2 aromatic carbocycles. The number of ether oxygens (including phenoxy) is 1. The number of nitriles is 1. The zero-order chi connectivity index (χ0) is 28.2. The maximum atomic E-state index is 14.3. The van der Waals surface area contributed by atoms with Crippen molar-refractivity contribution >= 4 is 11.7 Å². The van der Waals surface area contributed by atoms with Gasteiger partial charge in [-0.2, -0.15) is 15.3 Å². The van der Waals surface area contributed by atoms with E-state index in [1.54, 1.807) is 4.57 Å². The molecule has 0 saturated heterocycles. The van der Waals surface area contributed by atoms with Crippen LogP contribution in [-0.4, -0.2) is 43.0 Å². The van der Waals surface area contributed by atoms with Crippen LogP contribution in [0.25, 0.3) is 16.9 Å². The second-order valence-electron chi connectivity index (χ2n) is 10.4. The van der Waals surface area contributed by atoms with Crippen LogP contribution in [0.1, 0.15) is 80.3 Å². The number of rotatable bonds is 9. The van der Waals surface area contributed by atoms with Crippen LogP contribution in [0.2, 0.25) is 0 Å². The molecule has 2 aromatic heterocycles. The molecule has 0 radical (unpaired) electrons. The second-order valence-corrected chi connectivity index (χ2v) is 10.4. The number of benzene rings is 2. The lowest BCUT2D eigenvalue weighted by Crippen LogP contribution is -2.36. The number of carboxylic acid groups (broad SMARTS) is 1. The van der Waals surface area contributed by atoms with E-state index in [-0.39, 0.29) is 30.2 Å². The normalized spacial score (nSPS) is 17.9. The molecule has 1 N–H and O–H groups in total. The summed E-state index contributed by atoms with van der Waals surface area (Å²) in [6.07, 6.45) is 5.67. The van der Waals surface area contributed by atoms with Gasteiger partial charge in [0.05, 0.1) is 23.4 Å². The summed E-state index contributed by atoms with van der Waals surface area (Å²) in [4.78, 5) is 29.7. The summed E-state index contributed by atoms with van der Waals surface area (Å²) in [7, 11) is 0. The third kappa shape index (κ3) is 5.27. The predicted octanol–water partition coefficient (Wildman–Crippen LogP) is 5.12. The van der Waals surface area contributed by atoms with Gasteiger partial charge < -0.3 is 9.84 Å². The van der Waals surface area contributed by atoms with Gasteiger partial charge in [-0.1, -0.05) is 62.7 Å². The molecule has 5 rings (SSSR count). The largest absolute Gasteiger partial charge is 0.480 e. The third-order valence-corrected chi connectivity index (χ3v) is 7.90. The maximum absolute atomic E-state index is 14.3. The molecule has 0 spiro atoms. The van der Waals surface area contributed by atoms with Crippen molar-refractivity contribution in [3.63, 3.8) is 0 Å². The smallest absolute Gasteiger partial charge is 0.329 e. The molecule has 1 atom stereocenters. The summed E-state index contributed by atoms with van der Waals surface area (Å²) in [6, 6.07) is 17.8. The van der Waals surface area contributed by atoms with E-state index in [0.29, 0.717) is 49.0 Å². The lowest BCUT2D eigenvalue weighted by Gasteiger charge is -2.30. The van der Waals surface area contributed by atoms with E-state index in [4.69, 9.17) is 9.84 Å². The molecule has 1 saturated carbocycles. The Kier molecular flexibility index (Phi) is 8.08. The van der Waals surface area contributed by atoms with Gasteiger partial charge in [0.15, 0.2) is 0 Å². The number of fused-ring (bicyclic) bond motifs is 1. The van der Waals surface area contributed by atoms with Crippen LogP contribution >= 0.6 is 0 Å². The number of hydrogen-bond donors (Lipinski definition) is 1. The Bertz CT molecular complexity index is 1610. The average molecular weight is 540 g/mol. The standard InChI is InChI=1S/C31H33N5O4/c1-3-6-27-29(20(2)21-9-11-22(12-10-21)26-8-5-4-7-23(26)17-32)30(39)35(31-33-19-34-36(27)31)24-13-15-25(16-14-24)40-18-28(37)38/h4-5,7-12,19-20,24-25H,3,6,13-16,18H2,1-2H3,(H,37,38). The molecular formula is C31H33N5O4. The summed E-state index contributed by atoms with van der Waals surface area (Å²) in [5, 5.41) is 23.0. The number of carbonyl (C=O) groups is 1. The second kappa shape index (κ2) is 11.8. The molecule has 9 nitrogen and oxygen atoms in total. The average Bonchev–Trinajstić information content (AvgIpc) is 3.46. The van der Waals surface area contributed by atoms with Crippen LogP contribution in [-0.2, 0) is 16.0 Å². The van der Waals surface area contributed by atoms with Crippen molar-refractivity contribution in [2.75, 3.05) is 6.61 Å². The summed E-state index contributed by atoms with van der Waals surface area (Å²) in [6.45, 7) is 3.83. The van der Waals surface area contributed by atoms with Gasteiger partial charge in [0.25, 0.3) is 5.56 Å². The fraction of sp³-hybridized carbons (Fsp3) is 0.387. The highest BCUT2D eigenvalue weighted by molar-refractivity contribution is 5.70. The van der Waals surface area contributed by atoms with E-state index in [1.165, 1.54) is 6.33 Å². The van der Waals surface area contributed by atoms with Gasteiger partial charge in [-0.3, -0.25) is 9.36 Å². The van der Waals surface area contributed by atoms with Crippen molar-refractivity contribution in [2.24, 2.45) is 0 Å². The first kappa shape index (κ1) is 27.3. The molecular weight excluding hydrogens is 506 g/mol. The van der Waals surface area contributed by atoms with Gasteiger partial charge in [-0.25, -0.2) is 9.31 Å². The number of aromatic nitrogens is 4. The Morgan fingerprint density at radius 2 is 1.88 bits per heavy atom. The minimum Gasteiger partial charge on any atom is -0.480 e. The predicted molar refractivity (Wildman–Crippen MR) is 150 cm³/mol. The molecule has 9 heteroatoms. The van der Waals surface area contributed by atoms with Crippen LogP contribution in [0.15, 0.2) is 59.7 Å². The minimum atomic E-state index is -0.976. The first-order valence-corrected chi connectivity index (χ1v) is 13.8. The van der Waals surface area contributed by atoms with Gasteiger partial charge >= 0.3 is 5.97 Å². The Labute approximate surface area is 232 Å². The van der Waals surface area contributed by atoms with E-state index in [0.717, 1.165) is 28.8 Å². The number of hydrogen-bond acceptors (Lipinski definition) is 6. The van der Waals surface area contributed by atoms with Crippen molar-refractivity contribution in [2.45, 2.75) is 70.4 Å². The van der Waals surface area contributed by atoms with Gasteiger partial charge in [-0.15, -0.1) is 0 Å². The Hall–Kier alpha value is -4.29. The van der Waals surface area contributed by atoms with E-state index >= 15 is 0 Å². The molecule has 206 valence electrons. The summed E-state index contributed by atoms with van der Waals surface area (Å²) in [5.41, 5.74) is 5.00. The Morgan fingerprint density at radius 1 is 1.15 bits per heavy atom. The quantitative estimate of drug-likeness (QED) is 0.313. The van der Waals surface area contributed by atoms with Crippen LogP contribution in [0.5, 0.6) is 0 Å². The molecule has 1 aliphatic rings. The molecule has 4 aromatic rings. The number of aliphatic carboxylic acids is 1. The maximum Gasteiger partial charge on any atom is 0.329 e. The van der Waals surface area contributed by atoms with Crippen molar-refractivity contribution in [3.8, 4) is 17.2 Å². The van der Waals surface area contributed by atoms with Crippen molar-refractivity contribution < 1.29 is 14.6 Å². The fourth-order valence-electron chi connectivity index (χ4n) is 5.90. The molecule has 1 unspecified atom stereocenters. The Balaban J connectivity index is 1.52. The molecule has 0 bridgehead atoms. The van der Waals surface area contributed by atoms with Crippen LogP contribution in [0, 0.1) is 11.3 Å². The Morgan fingerprint density at radius 3 is 2.55 bits per heavy atom.